The van der Waals surface area contributed by atoms with Crippen LogP contribution in [0.15, 0.2) is 48.5 Å². The van der Waals surface area contributed by atoms with Gasteiger partial charge in [-0.3, -0.25) is 9.69 Å². The van der Waals surface area contributed by atoms with E-state index in [1.165, 1.54) is 0 Å². The van der Waals surface area contributed by atoms with Crippen LogP contribution in [0.3, 0.4) is 0 Å². The lowest BCUT2D eigenvalue weighted by Crippen LogP contribution is -2.50. The lowest BCUT2D eigenvalue weighted by molar-refractivity contribution is 0.102. The van der Waals surface area contributed by atoms with Gasteiger partial charge in [0.25, 0.3) is 5.91 Å². The van der Waals surface area contributed by atoms with E-state index in [0.717, 1.165) is 19.4 Å². The van der Waals surface area contributed by atoms with Crippen molar-refractivity contribution in [2.24, 2.45) is 0 Å². The molecule has 0 unspecified atom stereocenters. The van der Waals surface area contributed by atoms with E-state index in [4.69, 9.17) is 0 Å². The van der Waals surface area contributed by atoms with Gasteiger partial charge in [-0.05, 0) is 51.1 Å². The molecule has 2 aromatic rings. The summed E-state index contributed by atoms with van der Waals surface area (Å²) in [6.07, 6.45) is 1.83. The van der Waals surface area contributed by atoms with Crippen molar-refractivity contribution in [3.63, 3.8) is 0 Å². The van der Waals surface area contributed by atoms with E-state index in [1.807, 2.05) is 42.5 Å². The molecule has 2 aliphatic rings. The van der Waals surface area contributed by atoms with E-state index in [9.17, 15) is 9.59 Å². The Balaban J connectivity index is 1.70. The van der Waals surface area contributed by atoms with Gasteiger partial charge in [0, 0.05) is 18.6 Å². The average Bonchev–Trinajstić information content (AvgIpc) is 2.79. The van der Waals surface area contributed by atoms with Crippen molar-refractivity contribution in [2.45, 2.75) is 31.8 Å². The molecular weight excluding hydrogens is 340 g/mol. The zero-order chi connectivity index (χ0) is 19.0. The van der Waals surface area contributed by atoms with Gasteiger partial charge in [-0.15, -0.1) is 0 Å². The van der Waals surface area contributed by atoms with Crippen molar-refractivity contribution in [1.29, 1.82) is 0 Å². The molecule has 0 bridgehead atoms. The van der Waals surface area contributed by atoms with Crippen LogP contribution in [0.25, 0.3) is 0 Å². The highest BCUT2D eigenvalue weighted by molar-refractivity contribution is 6.17. The number of carbonyl (C=O) groups is 2. The van der Waals surface area contributed by atoms with Crippen LogP contribution in [0.1, 0.15) is 30.1 Å². The third-order valence-corrected chi connectivity index (χ3v) is 5.52. The molecule has 2 aliphatic heterocycles. The molecule has 6 nitrogen and oxygen atoms in total. The Bertz CT molecular complexity index is 882. The molecular formula is C21H24N4O2. The number of carbonyl (C=O) groups excluding carboxylic acids is 2. The first-order valence-corrected chi connectivity index (χ1v) is 9.35. The Morgan fingerprint density at radius 3 is 2.59 bits per heavy atom. The normalized spacial score (nSPS) is 22.3. The molecule has 1 saturated heterocycles. The molecule has 0 aliphatic carbocycles. The third-order valence-electron chi connectivity index (χ3n) is 5.52. The Kier molecular flexibility index (Phi) is 4.58. The molecule has 1 fully saturated rings. The molecule has 0 spiro atoms. The van der Waals surface area contributed by atoms with Crippen LogP contribution >= 0.6 is 0 Å². The first-order valence-electron chi connectivity index (χ1n) is 9.35. The van der Waals surface area contributed by atoms with Gasteiger partial charge in [0.1, 0.15) is 0 Å². The molecule has 4 rings (SSSR count). The molecule has 2 N–H and O–H groups in total. The number of rotatable bonds is 1. The van der Waals surface area contributed by atoms with Gasteiger partial charge in [-0.25, -0.2) is 4.79 Å². The van der Waals surface area contributed by atoms with E-state index in [0.29, 0.717) is 28.7 Å². The van der Waals surface area contributed by atoms with Gasteiger partial charge >= 0.3 is 6.03 Å². The molecule has 2 atom stereocenters. The van der Waals surface area contributed by atoms with Gasteiger partial charge in [0.2, 0.25) is 0 Å². The van der Waals surface area contributed by atoms with Gasteiger partial charge in [-0.1, -0.05) is 24.3 Å². The summed E-state index contributed by atoms with van der Waals surface area (Å²) in [6.45, 7) is 3.14. The van der Waals surface area contributed by atoms with Gasteiger partial charge < -0.3 is 15.5 Å². The molecule has 2 heterocycles. The van der Waals surface area contributed by atoms with E-state index in [-0.39, 0.29) is 18.0 Å². The minimum atomic E-state index is -0.207. The van der Waals surface area contributed by atoms with Crippen molar-refractivity contribution in [3.05, 3.63) is 54.1 Å². The van der Waals surface area contributed by atoms with Crippen LogP contribution in [0.2, 0.25) is 0 Å². The smallest absolute Gasteiger partial charge is 0.326 e. The lowest BCUT2D eigenvalue weighted by Gasteiger charge is -2.36. The second-order valence-corrected chi connectivity index (χ2v) is 7.32. The molecule has 6 heteroatoms. The highest BCUT2D eigenvalue weighted by atomic mass is 16.2. The molecule has 3 amide bonds. The number of hydrogen-bond acceptors (Lipinski definition) is 3. The molecule has 2 aromatic carbocycles. The predicted octanol–water partition coefficient (Wildman–Crippen LogP) is 3.58. The minimum absolute atomic E-state index is 0.120. The Morgan fingerprint density at radius 2 is 1.81 bits per heavy atom. The van der Waals surface area contributed by atoms with E-state index >= 15 is 0 Å². The number of likely N-dealkylation sites (tertiary alicyclic amines) is 1. The monoisotopic (exact) mass is 364 g/mol. The van der Waals surface area contributed by atoms with Crippen molar-refractivity contribution >= 4 is 29.0 Å². The summed E-state index contributed by atoms with van der Waals surface area (Å²) in [7, 11) is 2.11. The summed E-state index contributed by atoms with van der Waals surface area (Å²) >= 11 is 0. The Hall–Kier alpha value is -2.86. The van der Waals surface area contributed by atoms with Crippen LogP contribution in [0.5, 0.6) is 0 Å². The zero-order valence-electron chi connectivity index (χ0n) is 15.6. The third kappa shape index (κ3) is 3.28. The van der Waals surface area contributed by atoms with Crippen molar-refractivity contribution < 1.29 is 9.59 Å². The summed E-state index contributed by atoms with van der Waals surface area (Å²) in [5.41, 5.74) is 2.39. The van der Waals surface area contributed by atoms with Gasteiger partial charge in [-0.2, -0.15) is 0 Å². The second kappa shape index (κ2) is 7.04. The number of hydrogen-bond donors (Lipinski definition) is 2. The highest BCUT2D eigenvalue weighted by Crippen LogP contribution is 2.37. The van der Waals surface area contributed by atoms with Crippen molar-refractivity contribution in [3.8, 4) is 0 Å². The maximum atomic E-state index is 13.3. The van der Waals surface area contributed by atoms with Crippen LogP contribution in [-0.4, -0.2) is 42.5 Å². The molecule has 0 radical (unpaired) electrons. The standard InChI is InChI=1S/C21H24N4O2/c1-14-13-15(11-12-24(14)2)22-21(27)25-18-9-5-3-7-16(18)20(26)23-17-8-4-6-10-19(17)25/h3-10,14-15H,11-13H2,1-2H3,(H,22,27)(H,23,26)/t14-,15+/m1/s1. The molecule has 0 aromatic heterocycles. The fourth-order valence-corrected chi connectivity index (χ4v) is 3.83. The number of piperidine rings is 1. The number of nitrogens with one attached hydrogen (secondary N) is 2. The zero-order valence-corrected chi connectivity index (χ0v) is 15.6. The Morgan fingerprint density at radius 1 is 1.11 bits per heavy atom. The number of fused-ring (bicyclic) bond motifs is 2. The number of para-hydroxylation sites is 3. The summed E-state index contributed by atoms with van der Waals surface area (Å²) < 4.78 is 0. The number of amides is 3. The van der Waals surface area contributed by atoms with E-state index in [1.54, 1.807) is 11.0 Å². The SMILES string of the molecule is C[C@@H]1C[C@@H](NC(=O)N2c3ccccc3NC(=O)c3ccccc32)CCN1C. The van der Waals surface area contributed by atoms with Crippen LogP contribution < -0.4 is 15.5 Å². The maximum absolute atomic E-state index is 13.3. The summed E-state index contributed by atoms with van der Waals surface area (Å²) in [6, 6.07) is 15.0. The largest absolute Gasteiger partial charge is 0.335 e. The number of urea groups is 1. The van der Waals surface area contributed by atoms with Crippen LogP contribution in [-0.2, 0) is 0 Å². The fourth-order valence-electron chi connectivity index (χ4n) is 3.83. The summed E-state index contributed by atoms with van der Waals surface area (Å²) in [5, 5.41) is 6.10. The van der Waals surface area contributed by atoms with Gasteiger partial charge in [0.15, 0.2) is 0 Å². The summed E-state index contributed by atoms with van der Waals surface area (Å²) in [4.78, 5) is 29.9. The lowest BCUT2D eigenvalue weighted by atomic mass is 9.99. The fraction of sp³-hybridized carbons (Fsp3) is 0.333. The maximum Gasteiger partial charge on any atom is 0.326 e. The first kappa shape index (κ1) is 17.5. The molecule has 0 saturated carbocycles. The highest BCUT2D eigenvalue weighted by Gasteiger charge is 2.31. The van der Waals surface area contributed by atoms with Crippen molar-refractivity contribution in [1.82, 2.24) is 10.2 Å². The topological polar surface area (TPSA) is 64.7 Å². The van der Waals surface area contributed by atoms with Crippen LogP contribution in [0, 0.1) is 0 Å². The number of anilines is 3. The average molecular weight is 364 g/mol. The quantitative estimate of drug-likeness (QED) is 0.813. The predicted molar refractivity (Wildman–Crippen MR) is 107 cm³/mol. The summed E-state index contributed by atoms with van der Waals surface area (Å²) in [5.74, 6) is -0.207. The Labute approximate surface area is 159 Å². The van der Waals surface area contributed by atoms with Crippen molar-refractivity contribution in [2.75, 3.05) is 23.8 Å². The van der Waals surface area contributed by atoms with Gasteiger partial charge in [0.05, 0.1) is 22.6 Å². The molecule has 140 valence electrons. The first-order chi connectivity index (χ1) is 13.0. The van der Waals surface area contributed by atoms with E-state index < -0.39 is 0 Å². The number of nitrogens with zero attached hydrogens (tertiary/aromatic N) is 2. The minimum Gasteiger partial charge on any atom is -0.335 e. The molecule has 27 heavy (non-hydrogen) atoms. The van der Waals surface area contributed by atoms with E-state index in [2.05, 4.69) is 29.5 Å². The number of benzene rings is 2. The second-order valence-electron chi connectivity index (χ2n) is 7.32. The van der Waals surface area contributed by atoms with Crippen LogP contribution in [0.4, 0.5) is 21.9 Å².